The van der Waals surface area contributed by atoms with Crippen molar-refractivity contribution in [1.82, 2.24) is 9.80 Å². The lowest BCUT2D eigenvalue weighted by molar-refractivity contribution is 0.129. The van der Waals surface area contributed by atoms with Crippen molar-refractivity contribution in [2.75, 3.05) is 46.4 Å². The van der Waals surface area contributed by atoms with E-state index in [1.54, 1.807) is 7.11 Å². The third-order valence-corrected chi connectivity index (χ3v) is 4.21. The molecule has 0 radical (unpaired) electrons. The summed E-state index contributed by atoms with van der Waals surface area (Å²) in [7, 11) is 1.69. The average molecular weight is 331 g/mol. The minimum absolute atomic E-state index is 0.492. The minimum Gasteiger partial charge on any atom is -0.493 e. The number of nitrogens with zero attached hydrogens (tertiary/aromatic N) is 3. The SMILES string of the molecule is COc1cc(CN2CCN(CCC#N)CC2)ccc1OCC(C)C. The van der Waals surface area contributed by atoms with Crippen LogP contribution in [-0.4, -0.2) is 56.2 Å². The largest absolute Gasteiger partial charge is 0.493 e. The van der Waals surface area contributed by atoms with Gasteiger partial charge in [0.2, 0.25) is 0 Å². The molecule has 0 N–H and O–H groups in total. The van der Waals surface area contributed by atoms with Crippen LogP contribution in [0.25, 0.3) is 0 Å². The summed E-state index contributed by atoms with van der Waals surface area (Å²) in [6.07, 6.45) is 0.620. The quantitative estimate of drug-likeness (QED) is 0.733. The van der Waals surface area contributed by atoms with Crippen LogP contribution < -0.4 is 9.47 Å². The topological polar surface area (TPSA) is 48.7 Å². The first-order valence-electron chi connectivity index (χ1n) is 8.73. The van der Waals surface area contributed by atoms with Crippen LogP contribution in [0.5, 0.6) is 11.5 Å². The molecular formula is C19H29N3O2. The second-order valence-electron chi connectivity index (χ2n) is 6.72. The van der Waals surface area contributed by atoms with Gasteiger partial charge in [-0.3, -0.25) is 9.80 Å². The van der Waals surface area contributed by atoms with Gasteiger partial charge in [0.05, 0.1) is 19.8 Å². The molecule has 24 heavy (non-hydrogen) atoms. The first kappa shape index (κ1) is 18.6. The van der Waals surface area contributed by atoms with Crippen LogP contribution in [-0.2, 0) is 6.54 Å². The van der Waals surface area contributed by atoms with E-state index in [-0.39, 0.29) is 0 Å². The molecule has 1 heterocycles. The Morgan fingerprint density at radius 1 is 1.12 bits per heavy atom. The summed E-state index contributed by atoms with van der Waals surface area (Å²) in [5, 5.41) is 8.67. The number of nitriles is 1. The molecule has 0 aliphatic carbocycles. The summed E-state index contributed by atoms with van der Waals surface area (Å²) < 4.78 is 11.3. The van der Waals surface area contributed by atoms with E-state index in [0.29, 0.717) is 18.9 Å². The number of hydrogen-bond donors (Lipinski definition) is 0. The Labute approximate surface area is 145 Å². The molecular weight excluding hydrogens is 302 g/mol. The van der Waals surface area contributed by atoms with Gasteiger partial charge >= 0.3 is 0 Å². The maximum atomic E-state index is 8.67. The van der Waals surface area contributed by atoms with Crippen LogP contribution in [0.3, 0.4) is 0 Å². The molecule has 1 aromatic carbocycles. The van der Waals surface area contributed by atoms with Crippen molar-refractivity contribution in [2.24, 2.45) is 5.92 Å². The molecule has 1 fully saturated rings. The van der Waals surface area contributed by atoms with Crippen molar-refractivity contribution >= 4 is 0 Å². The number of benzene rings is 1. The van der Waals surface area contributed by atoms with E-state index in [9.17, 15) is 0 Å². The van der Waals surface area contributed by atoms with Gasteiger partial charge in [-0.15, -0.1) is 0 Å². The lowest BCUT2D eigenvalue weighted by Gasteiger charge is -2.34. The fraction of sp³-hybridized carbons (Fsp3) is 0.632. The monoisotopic (exact) mass is 331 g/mol. The molecule has 1 aliphatic rings. The van der Waals surface area contributed by atoms with Gasteiger partial charge in [-0.2, -0.15) is 5.26 Å². The van der Waals surface area contributed by atoms with Gasteiger partial charge in [-0.05, 0) is 23.6 Å². The highest BCUT2D eigenvalue weighted by atomic mass is 16.5. The Hall–Kier alpha value is -1.77. The summed E-state index contributed by atoms with van der Waals surface area (Å²) in [4.78, 5) is 4.81. The highest BCUT2D eigenvalue weighted by Gasteiger charge is 2.17. The summed E-state index contributed by atoms with van der Waals surface area (Å²) >= 11 is 0. The van der Waals surface area contributed by atoms with E-state index in [0.717, 1.165) is 50.8 Å². The van der Waals surface area contributed by atoms with Gasteiger partial charge in [-0.1, -0.05) is 19.9 Å². The first-order valence-corrected chi connectivity index (χ1v) is 8.73. The lowest BCUT2D eigenvalue weighted by Crippen LogP contribution is -2.46. The normalized spacial score (nSPS) is 16.1. The number of ether oxygens (including phenoxy) is 2. The second-order valence-corrected chi connectivity index (χ2v) is 6.72. The molecule has 0 atom stereocenters. The second kappa shape index (κ2) is 9.51. The third-order valence-electron chi connectivity index (χ3n) is 4.21. The Morgan fingerprint density at radius 3 is 2.46 bits per heavy atom. The van der Waals surface area contributed by atoms with E-state index in [1.165, 1.54) is 5.56 Å². The first-order chi connectivity index (χ1) is 11.6. The maximum Gasteiger partial charge on any atom is 0.161 e. The van der Waals surface area contributed by atoms with E-state index >= 15 is 0 Å². The highest BCUT2D eigenvalue weighted by molar-refractivity contribution is 5.43. The van der Waals surface area contributed by atoms with Crippen LogP contribution in [0.2, 0.25) is 0 Å². The summed E-state index contributed by atoms with van der Waals surface area (Å²) in [5.74, 6) is 2.11. The molecule has 2 rings (SSSR count). The van der Waals surface area contributed by atoms with Crippen molar-refractivity contribution in [3.63, 3.8) is 0 Å². The Balaban J connectivity index is 1.88. The van der Waals surface area contributed by atoms with Crippen molar-refractivity contribution in [1.29, 1.82) is 5.26 Å². The zero-order valence-corrected chi connectivity index (χ0v) is 15.1. The molecule has 1 aromatic rings. The number of rotatable bonds is 8. The fourth-order valence-electron chi connectivity index (χ4n) is 2.82. The van der Waals surface area contributed by atoms with E-state index < -0.39 is 0 Å². The molecule has 0 unspecified atom stereocenters. The van der Waals surface area contributed by atoms with E-state index in [2.05, 4.69) is 41.8 Å². The average Bonchev–Trinajstić information content (AvgIpc) is 2.59. The highest BCUT2D eigenvalue weighted by Crippen LogP contribution is 2.29. The summed E-state index contributed by atoms with van der Waals surface area (Å²) in [6, 6.07) is 8.44. The lowest BCUT2D eigenvalue weighted by atomic mass is 10.1. The summed E-state index contributed by atoms with van der Waals surface area (Å²) in [6.45, 7) is 10.9. The molecule has 1 aliphatic heterocycles. The van der Waals surface area contributed by atoms with Crippen molar-refractivity contribution < 1.29 is 9.47 Å². The standard InChI is InChI=1S/C19H29N3O2/c1-16(2)15-24-18-6-5-17(13-19(18)23-3)14-22-11-9-21(10-12-22)8-4-7-20/h5-6,13,16H,4,8-12,14-15H2,1-3H3. The van der Waals surface area contributed by atoms with Crippen LogP contribution in [0.1, 0.15) is 25.8 Å². The van der Waals surface area contributed by atoms with Gasteiger partial charge in [0.15, 0.2) is 11.5 Å². The van der Waals surface area contributed by atoms with Crippen molar-refractivity contribution in [3.05, 3.63) is 23.8 Å². The zero-order chi connectivity index (χ0) is 17.4. The van der Waals surface area contributed by atoms with Gasteiger partial charge in [0.25, 0.3) is 0 Å². The Bertz CT molecular complexity index is 546. The number of piperazine rings is 1. The van der Waals surface area contributed by atoms with Gasteiger partial charge in [0, 0.05) is 45.7 Å². The molecule has 0 aromatic heterocycles. The van der Waals surface area contributed by atoms with Gasteiger partial charge in [-0.25, -0.2) is 0 Å². The van der Waals surface area contributed by atoms with Crippen molar-refractivity contribution in [3.8, 4) is 17.6 Å². The predicted molar refractivity (Wildman–Crippen MR) is 95.3 cm³/mol. The summed E-state index contributed by atoms with van der Waals surface area (Å²) in [5.41, 5.74) is 1.24. The van der Waals surface area contributed by atoms with Gasteiger partial charge in [0.1, 0.15) is 0 Å². The molecule has 0 spiro atoms. The van der Waals surface area contributed by atoms with Crippen LogP contribution in [0, 0.1) is 17.2 Å². The maximum absolute atomic E-state index is 8.67. The molecule has 5 nitrogen and oxygen atoms in total. The van der Waals surface area contributed by atoms with Crippen LogP contribution in [0.4, 0.5) is 0 Å². The van der Waals surface area contributed by atoms with E-state index in [1.807, 2.05) is 6.07 Å². The van der Waals surface area contributed by atoms with Crippen LogP contribution in [0.15, 0.2) is 18.2 Å². The molecule has 1 saturated heterocycles. The van der Waals surface area contributed by atoms with Crippen LogP contribution >= 0.6 is 0 Å². The third kappa shape index (κ3) is 5.70. The zero-order valence-electron chi connectivity index (χ0n) is 15.1. The molecule has 5 heteroatoms. The minimum atomic E-state index is 0.492. The van der Waals surface area contributed by atoms with Crippen molar-refractivity contribution in [2.45, 2.75) is 26.8 Å². The number of hydrogen-bond acceptors (Lipinski definition) is 5. The van der Waals surface area contributed by atoms with Gasteiger partial charge < -0.3 is 9.47 Å². The smallest absolute Gasteiger partial charge is 0.161 e. The molecule has 0 amide bonds. The fourth-order valence-corrected chi connectivity index (χ4v) is 2.82. The molecule has 0 bridgehead atoms. The van der Waals surface area contributed by atoms with E-state index in [4.69, 9.17) is 14.7 Å². The predicted octanol–water partition coefficient (Wildman–Crippen LogP) is 2.76. The molecule has 132 valence electrons. The number of methoxy groups -OCH3 is 1. The molecule has 0 saturated carbocycles. The Kier molecular flexibility index (Phi) is 7.36. The Morgan fingerprint density at radius 2 is 1.83 bits per heavy atom.